The van der Waals surface area contributed by atoms with Crippen molar-refractivity contribution >= 4 is 20.3 Å². The van der Waals surface area contributed by atoms with E-state index in [2.05, 4.69) is 48.7 Å². The largest absolute Gasteiger partial charge is 0.497 e. The molecule has 1 fully saturated rings. The van der Waals surface area contributed by atoms with Crippen LogP contribution in [0.3, 0.4) is 0 Å². The van der Waals surface area contributed by atoms with Crippen LogP contribution in [-0.4, -0.2) is 71.9 Å². The number of benzene rings is 4. The summed E-state index contributed by atoms with van der Waals surface area (Å²) in [5, 5.41) is 12.1. The van der Waals surface area contributed by atoms with Gasteiger partial charge in [0.15, 0.2) is 0 Å². The quantitative estimate of drug-likeness (QED) is 0.0483. The Morgan fingerprint density at radius 2 is 1.44 bits per heavy atom. The molecule has 14 heteroatoms. The number of carbonyl (C=O) groups excluding carboxylic acids is 1. The molecule has 0 radical (unpaired) electrons. The third-order valence-corrected chi connectivity index (χ3v) is 12.5. The molecule has 320 valence electrons. The number of hydrogen-bond donors (Lipinski definition) is 1. The molecule has 1 aromatic heterocycles. The van der Waals surface area contributed by atoms with E-state index in [1.54, 1.807) is 50.7 Å². The molecule has 0 aliphatic carbocycles. The van der Waals surface area contributed by atoms with Gasteiger partial charge in [0, 0.05) is 23.8 Å². The molecule has 0 bridgehead atoms. The highest BCUT2D eigenvalue weighted by Gasteiger charge is 2.43. The van der Waals surface area contributed by atoms with Crippen molar-refractivity contribution in [2.24, 2.45) is 0 Å². The van der Waals surface area contributed by atoms with Crippen molar-refractivity contribution in [1.29, 1.82) is 5.26 Å². The van der Waals surface area contributed by atoms with Crippen LogP contribution in [0.15, 0.2) is 126 Å². The predicted octanol–water partition coefficient (Wildman–Crippen LogP) is 8.86. The first-order chi connectivity index (χ1) is 29.6. The van der Waals surface area contributed by atoms with Crippen molar-refractivity contribution in [2.45, 2.75) is 83.1 Å². The number of rotatable bonds is 19. The summed E-state index contributed by atoms with van der Waals surface area (Å²) in [4.78, 5) is 30.7. The number of hydrogen-bond acceptors (Lipinski definition) is 11. The molecule has 1 saturated heterocycles. The van der Waals surface area contributed by atoms with Crippen LogP contribution in [-0.2, 0) is 24.1 Å². The van der Waals surface area contributed by atoms with Crippen LogP contribution in [0, 0.1) is 11.3 Å². The summed E-state index contributed by atoms with van der Waals surface area (Å²) in [5.74, 6) is 1.14. The SMILES string of the molecule is COc1ccc(C(OC[C@H]2O[C@@H](n3ccc(NC(=O)c4ccccc4)nc3=O)CC[C@@H]2O[P@](OCCC#N)N(C(C)C)C(C)C)(c2ccccc2)c2ccc(OC)cc2)cc1. The number of aromatic nitrogens is 2. The number of methoxy groups -OCH3 is 2. The zero-order chi connectivity index (χ0) is 43.4. The number of anilines is 1. The Morgan fingerprint density at radius 1 is 0.869 bits per heavy atom. The van der Waals surface area contributed by atoms with Gasteiger partial charge in [-0.1, -0.05) is 72.8 Å². The number of nitrogens with one attached hydrogen (secondary N) is 1. The summed E-state index contributed by atoms with van der Waals surface area (Å²) in [5.41, 5.74) is 1.26. The lowest BCUT2D eigenvalue weighted by molar-refractivity contribution is -0.175. The van der Waals surface area contributed by atoms with Gasteiger partial charge in [-0.15, -0.1) is 0 Å². The molecule has 2 heterocycles. The molecule has 6 rings (SSSR count). The van der Waals surface area contributed by atoms with Gasteiger partial charge in [0.1, 0.15) is 35.2 Å². The van der Waals surface area contributed by atoms with E-state index in [1.807, 2.05) is 84.9 Å². The maximum Gasteiger partial charge on any atom is 0.351 e. The average molecular weight is 848 g/mol. The van der Waals surface area contributed by atoms with Gasteiger partial charge in [0.25, 0.3) is 14.4 Å². The molecule has 61 heavy (non-hydrogen) atoms. The maximum absolute atomic E-state index is 13.7. The van der Waals surface area contributed by atoms with E-state index >= 15 is 0 Å². The Balaban J connectivity index is 1.39. The molecule has 1 aliphatic rings. The number of amides is 1. The highest BCUT2D eigenvalue weighted by molar-refractivity contribution is 7.44. The second-order valence-corrected chi connectivity index (χ2v) is 16.4. The Hall–Kier alpha value is -5.45. The Bertz CT molecular complexity index is 2200. The molecule has 13 nitrogen and oxygen atoms in total. The fraction of sp³-hybridized carbons (Fsp3) is 0.362. The third-order valence-electron chi connectivity index (χ3n) is 10.4. The fourth-order valence-corrected chi connectivity index (χ4v) is 9.27. The van der Waals surface area contributed by atoms with E-state index in [9.17, 15) is 14.9 Å². The van der Waals surface area contributed by atoms with Gasteiger partial charge in [0.05, 0.1) is 46.0 Å². The average Bonchev–Trinajstić information content (AvgIpc) is 3.28. The van der Waals surface area contributed by atoms with E-state index in [0.717, 1.165) is 16.7 Å². The molecule has 1 aliphatic heterocycles. The molecular formula is C47H54N5O8P. The summed E-state index contributed by atoms with van der Waals surface area (Å²) in [6, 6.07) is 38.2. The van der Waals surface area contributed by atoms with E-state index < -0.39 is 38.3 Å². The maximum atomic E-state index is 13.7. The van der Waals surface area contributed by atoms with Gasteiger partial charge >= 0.3 is 5.69 Å². The summed E-state index contributed by atoms with van der Waals surface area (Å²) < 4.78 is 42.2. The first kappa shape index (κ1) is 45.1. The lowest BCUT2D eigenvalue weighted by atomic mass is 9.80. The van der Waals surface area contributed by atoms with Crippen molar-refractivity contribution in [3.05, 3.63) is 154 Å². The molecule has 4 atom stereocenters. The summed E-state index contributed by atoms with van der Waals surface area (Å²) >= 11 is 0. The lowest BCUT2D eigenvalue weighted by Crippen LogP contribution is -2.46. The molecule has 4 aromatic carbocycles. The normalized spacial score (nSPS) is 17.2. The van der Waals surface area contributed by atoms with Crippen LogP contribution < -0.4 is 20.5 Å². The standard InChI is InChI=1S/C47H54N5O8P/c1-33(2)52(34(3)4)61(58-31-13-29-48)60-41-26-27-44(51-30-28-43(50-46(51)54)49-45(53)35-14-9-7-10-15-35)59-42(41)32-57-47(36-16-11-8-12-17-36,37-18-22-39(55-5)23-19-37)38-20-24-40(56-6)25-21-38/h7-12,14-25,28,30,33-34,41-42,44H,13,26-27,31-32H2,1-6H3,(H,49,50,53,54)/t41-,42+,44+,61-/m0/s1. The van der Waals surface area contributed by atoms with Crippen molar-refractivity contribution in [3.63, 3.8) is 0 Å². The predicted molar refractivity (Wildman–Crippen MR) is 234 cm³/mol. The number of nitrogens with zero attached hydrogens (tertiary/aromatic N) is 4. The van der Waals surface area contributed by atoms with Gasteiger partial charge in [0.2, 0.25) is 0 Å². The molecule has 1 N–H and O–H groups in total. The van der Waals surface area contributed by atoms with Crippen molar-refractivity contribution in [2.75, 3.05) is 32.8 Å². The van der Waals surface area contributed by atoms with Crippen LogP contribution in [0.4, 0.5) is 5.82 Å². The van der Waals surface area contributed by atoms with Gasteiger partial charge in [-0.25, -0.2) is 9.46 Å². The number of ether oxygens (including phenoxy) is 4. The minimum absolute atomic E-state index is 0.0201. The van der Waals surface area contributed by atoms with Gasteiger partial charge < -0.3 is 33.3 Å². The molecule has 0 spiro atoms. The van der Waals surface area contributed by atoms with Crippen LogP contribution in [0.25, 0.3) is 0 Å². The van der Waals surface area contributed by atoms with E-state index in [1.165, 1.54) is 4.57 Å². The Morgan fingerprint density at radius 3 is 1.98 bits per heavy atom. The Kier molecular flexibility index (Phi) is 15.8. The molecule has 1 amide bonds. The van der Waals surface area contributed by atoms with E-state index in [4.69, 9.17) is 28.0 Å². The van der Waals surface area contributed by atoms with Crippen LogP contribution in [0.1, 0.15) is 80.2 Å². The minimum Gasteiger partial charge on any atom is -0.497 e. The second-order valence-electron chi connectivity index (χ2n) is 15.0. The van der Waals surface area contributed by atoms with Crippen molar-refractivity contribution < 1.29 is 32.8 Å². The van der Waals surface area contributed by atoms with Gasteiger partial charge in [-0.05, 0) is 99.7 Å². The topological polar surface area (TPSA) is 146 Å². The summed E-state index contributed by atoms with van der Waals surface area (Å²) in [6.07, 6.45) is 0.668. The van der Waals surface area contributed by atoms with Gasteiger partial charge in [-0.3, -0.25) is 9.36 Å². The first-order valence-electron chi connectivity index (χ1n) is 20.4. The van der Waals surface area contributed by atoms with Crippen LogP contribution in [0.2, 0.25) is 0 Å². The second kappa shape index (κ2) is 21.4. The highest BCUT2D eigenvalue weighted by Crippen LogP contribution is 2.50. The lowest BCUT2D eigenvalue weighted by Gasteiger charge is -2.43. The first-order valence-corrected chi connectivity index (χ1v) is 21.6. The smallest absolute Gasteiger partial charge is 0.351 e. The minimum atomic E-state index is -1.65. The molecule has 5 aromatic rings. The van der Waals surface area contributed by atoms with Crippen LogP contribution >= 0.6 is 8.53 Å². The van der Waals surface area contributed by atoms with E-state index in [0.29, 0.717) is 29.9 Å². The van der Waals surface area contributed by atoms with E-state index in [-0.39, 0.29) is 43.4 Å². The fourth-order valence-electron chi connectivity index (χ4n) is 7.49. The monoisotopic (exact) mass is 847 g/mol. The van der Waals surface area contributed by atoms with Crippen molar-refractivity contribution in [3.8, 4) is 17.6 Å². The highest BCUT2D eigenvalue weighted by atomic mass is 31.2. The summed E-state index contributed by atoms with van der Waals surface area (Å²) in [6.45, 7) is 8.57. The molecule has 0 unspecified atom stereocenters. The zero-order valence-corrected chi connectivity index (χ0v) is 36.4. The number of nitriles is 1. The Labute approximate surface area is 359 Å². The zero-order valence-electron chi connectivity index (χ0n) is 35.5. The summed E-state index contributed by atoms with van der Waals surface area (Å²) in [7, 11) is 1.60. The van der Waals surface area contributed by atoms with Crippen molar-refractivity contribution in [1.82, 2.24) is 14.2 Å². The van der Waals surface area contributed by atoms with Crippen LogP contribution in [0.5, 0.6) is 11.5 Å². The van der Waals surface area contributed by atoms with Gasteiger partial charge in [-0.2, -0.15) is 10.2 Å². The third kappa shape index (κ3) is 10.9. The molecule has 0 saturated carbocycles. The number of carbonyl (C=O) groups is 1. The molecular weight excluding hydrogens is 794 g/mol.